The van der Waals surface area contributed by atoms with Crippen molar-refractivity contribution in [3.05, 3.63) is 40.9 Å². The normalized spacial score (nSPS) is 13.5. The molecule has 2 N–H and O–H groups in total. The number of aryl methyl sites for hydroxylation is 1. The second-order valence-electron chi connectivity index (χ2n) is 6.20. The first-order valence-electron chi connectivity index (χ1n) is 8.28. The number of sulfonamides is 1. The van der Waals surface area contributed by atoms with E-state index in [1.54, 1.807) is 6.92 Å². The minimum Gasteiger partial charge on any atom is -0.495 e. The number of carbonyl (C=O) groups excluding carboxylic acids is 1. The van der Waals surface area contributed by atoms with Crippen molar-refractivity contribution in [3.8, 4) is 11.5 Å². The van der Waals surface area contributed by atoms with Gasteiger partial charge in [0.25, 0.3) is 15.9 Å². The molecule has 0 spiro atoms. The fourth-order valence-corrected chi connectivity index (χ4v) is 4.01. The molecule has 0 radical (unpaired) electrons. The molecule has 0 atom stereocenters. The van der Waals surface area contributed by atoms with E-state index in [2.05, 4.69) is 4.72 Å². The fraction of sp³-hybridized carbons (Fsp3) is 0.222. The Hall–Kier alpha value is -2.98. The van der Waals surface area contributed by atoms with Crippen molar-refractivity contribution in [3.63, 3.8) is 0 Å². The summed E-state index contributed by atoms with van der Waals surface area (Å²) in [5, 5.41) is 9.46. The number of methoxy groups -OCH3 is 1. The first-order valence-corrected chi connectivity index (χ1v) is 10.1. The molecule has 0 saturated carbocycles. The third-order valence-corrected chi connectivity index (χ3v) is 5.97. The number of hydrogen-bond donors (Lipinski definition) is 2. The van der Waals surface area contributed by atoms with Crippen molar-refractivity contribution >= 4 is 44.9 Å². The zero-order valence-electron chi connectivity index (χ0n) is 15.4. The van der Waals surface area contributed by atoms with Crippen LogP contribution in [0.15, 0.2) is 35.2 Å². The van der Waals surface area contributed by atoms with Gasteiger partial charge in [0.15, 0.2) is 6.61 Å². The van der Waals surface area contributed by atoms with Gasteiger partial charge >= 0.3 is 5.97 Å². The number of ether oxygens (including phenoxy) is 2. The quantitative estimate of drug-likeness (QED) is 0.706. The Morgan fingerprint density at radius 2 is 2.07 bits per heavy atom. The molecule has 9 nitrogen and oxygen atoms in total. The van der Waals surface area contributed by atoms with E-state index in [4.69, 9.17) is 26.2 Å². The van der Waals surface area contributed by atoms with E-state index >= 15 is 0 Å². The Labute approximate surface area is 171 Å². The van der Waals surface area contributed by atoms with Gasteiger partial charge in [-0.05, 0) is 36.8 Å². The van der Waals surface area contributed by atoms with Crippen LogP contribution >= 0.6 is 11.6 Å². The predicted molar refractivity (Wildman–Crippen MR) is 105 cm³/mol. The van der Waals surface area contributed by atoms with Crippen molar-refractivity contribution in [1.82, 2.24) is 0 Å². The molecule has 1 amide bonds. The maximum Gasteiger partial charge on any atom is 0.323 e. The molecule has 0 aliphatic carbocycles. The number of aliphatic carboxylic acids is 1. The van der Waals surface area contributed by atoms with Crippen molar-refractivity contribution in [2.75, 3.05) is 29.9 Å². The van der Waals surface area contributed by atoms with E-state index in [1.807, 2.05) is 0 Å². The summed E-state index contributed by atoms with van der Waals surface area (Å²) >= 11 is 6.05. The lowest BCUT2D eigenvalue weighted by atomic mass is 10.2. The minimum absolute atomic E-state index is 0.0609. The van der Waals surface area contributed by atoms with Gasteiger partial charge in [0.1, 0.15) is 18.0 Å². The molecule has 154 valence electrons. The van der Waals surface area contributed by atoms with E-state index in [1.165, 1.54) is 37.4 Å². The number of fused-ring (bicyclic) bond motifs is 1. The molecular formula is C18H17ClN2O7S. The van der Waals surface area contributed by atoms with E-state index in [0.29, 0.717) is 10.6 Å². The van der Waals surface area contributed by atoms with Crippen LogP contribution in [-0.4, -0.2) is 45.7 Å². The highest BCUT2D eigenvalue weighted by atomic mass is 35.5. The molecule has 2 aromatic carbocycles. The molecule has 0 saturated heterocycles. The lowest BCUT2D eigenvalue weighted by Gasteiger charge is -2.28. The van der Waals surface area contributed by atoms with Gasteiger partial charge in [-0.2, -0.15) is 0 Å². The number of benzene rings is 2. The lowest BCUT2D eigenvalue weighted by molar-refractivity contribution is -0.137. The van der Waals surface area contributed by atoms with Crippen LogP contribution < -0.4 is 19.1 Å². The minimum atomic E-state index is -4.09. The number of carboxylic acids is 1. The molecule has 1 heterocycles. The average Bonchev–Trinajstić information content (AvgIpc) is 2.66. The summed E-state index contributed by atoms with van der Waals surface area (Å²) in [6.07, 6.45) is 0. The second-order valence-corrected chi connectivity index (χ2v) is 8.29. The van der Waals surface area contributed by atoms with Crippen LogP contribution in [0.5, 0.6) is 11.5 Å². The molecule has 3 rings (SSSR count). The SMILES string of the molecule is COc1cc(Cl)c(C)cc1NS(=O)(=O)c1ccc2c(c1)N(CC(=O)O)C(=O)CO2. The van der Waals surface area contributed by atoms with Gasteiger partial charge in [0.05, 0.1) is 23.4 Å². The molecule has 0 unspecified atom stereocenters. The summed E-state index contributed by atoms with van der Waals surface area (Å²) in [5.41, 5.74) is 0.884. The Bertz CT molecular complexity index is 1100. The molecule has 1 aliphatic heterocycles. The summed E-state index contributed by atoms with van der Waals surface area (Å²) in [7, 11) is -2.71. The van der Waals surface area contributed by atoms with Crippen LogP contribution in [0.1, 0.15) is 5.56 Å². The summed E-state index contributed by atoms with van der Waals surface area (Å²) in [6.45, 7) is 0.771. The zero-order valence-corrected chi connectivity index (χ0v) is 17.0. The number of rotatable bonds is 6. The summed E-state index contributed by atoms with van der Waals surface area (Å²) in [6, 6.07) is 6.87. The maximum absolute atomic E-state index is 12.9. The van der Waals surface area contributed by atoms with Crippen molar-refractivity contribution in [1.29, 1.82) is 0 Å². The van der Waals surface area contributed by atoms with Gasteiger partial charge in [-0.3, -0.25) is 19.2 Å². The number of hydrogen-bond acceptors (Lipinski definition) is 6. The van der Waals surface area contributed by atoms with Crippen molar-refractivity contribution in [2.24, 2.45) is 0 Å². The Morgan fingerprint density at radius 1 is 1.34 bits per heavy atom. The van der Waals surface area contributed by atoms with Crippen LogP contribution in [0, 0.1) is 6.92 Å². The zero-order chi connectivity index (χ0) is 21.3. The number of nitrogens with zero attached hydrogens (tertiary/aromatic N) is 1. The number of nitrogens with one attached hydrogen (secondary N) is 1. The molecule has 0 fully saturated rings. The van der Waals surface area contributed by atoms with E-state index < -0.39 is 28.4 Å². The van der Waals surface area contributed by atoms with Crippen LogP contribution in [0.4, 0.5) is 11.4 Å². The standard InChI is InChI=1S/C18H17ClN2O7S/c1-10-5-13(16(27-2)7-12(10)19)20-29(25,26)11-3-4-15-14(6-11)21(8-18(23)24)17(22)9-28-15/h3-7,20H,8-9H2,1-2H3,(H,23,24). The fourth-order valence-electron chi connectivity index (χ4n) is 2.77. The molecule has 2 aromatic rings. The molecule has 1 aliphatic rings. The van der Waals surface area contributed by atoms with Gasteiger partial charge in [-0.1, -0.05) is 11.6 Å². The van der Waals surface area contributed by atoms with E-state index in [0.717, 1.165) is 4.90 Å². The van der Waals surface area contributed by atoms with Gasteiger partial charge < -0.3 is 14.6 Å². The third-order valence-electron chi connectivity index (χ3n) is 4.20. The Morgan fingerprint density at radius 3 is 2.72 bits per heavy atom. The first kappa shape index (κ1) is 20.7. The maximum atomic E-state index is 12.9. The van der Waals surface area contributed by atoms with Crippen LogP contribution in [0.2, 0.25) is 5.02 Å². The highest BCUT2D eigenvalue weighted by Gasteiger charge is 2.29. The molecule has 29 heavy (non-hydrogen) atoms. The molecule has 11 heteroatoms. The average molecular weight is 441 g/mol. The van der Waals surface area contributed by atoms with Crippen molar-refractivity contribution in [2.45, 2.75) is 11.8 Å². The molecule has 0 aromatic heterocycles. The lowest BCUT2D eigenvalue weighted by Crippen LogP contribution is -2.42. The topological polar surface area (TPSA) is 122 Å². The number of halogens is 1. The highest BCUT2D eigenvalue weighted by Crippen LogP contribution is 2.36. The van der Waals surface area contributed by atoms with E-state index in [9.17, 15) is 18.0 Å². The smallest absolute Gasteiger partial charge is 0.323 e. The predicted octanol–water partition coefficient (Wildman–Crippen LogP) is 2.27. The third kappa shape index (κ3) is 4.22. The summed E-state index contributed by atoms with van der Waals surface area (Å²) < 4.78 is 38.7. The second kappa shape index (κ2) is 7.80. The highest BCUT2D eigenvalue weighted by molar-refractivity contribution is 7.92. The van der Waals surface area contributed by atoms with Crippen LogP contribution in [-0.2, 0) is 19.6 Å². The van der Waals surface area contributed by atoms with Gasteiger partial charge in [0.2, 0.25) is 0 Å². The first-order chi connectivity index (χ1) is 13.6. The van der Waals surface area contributed by atoms with Crippen LogP contribution in [0.3, 0.4) is 0 Å². The summed E-state index contributed by atoms with van der Waals surface area (Å²) in [5.74, 6) is -1.38. The molecular weight excluding hydrogens is 424 g/mol. The largest absolute Gasteiger partial charge is 0.495 e. The van der Waals surface area contributed by atoms with Gasteiger partial charge in [0, 0.05) is 11.1 Å². The number of amides is 1. The molecule has 0 bridgehead atoms. The number of anilines is 2. The van der Waals surface area contributed by atoms with Crippen molar-refractivity contribution < 1.29 is 32.6 Å². The Kier molecular flexibility index (Phi) is 5.58. The van der Waals surface area contributed by atoms with E-state index in [-0.39, 0.29) is 34.4 Å². The number of carbonyl (C=O) groups is 2. The monoisotopic (exact) mass is 440 g/mol. The Balaban J connectivity index is 2.01. The number of carboxylic acid groups (broad SMARTS) is 1. The summed E-state index contributed by atoms with van der Waals surface area (Å²) in [4.78, 5) is 23.9. The van der Waals surface area contributed by atoms with Crippen LogP contribution in [0.25, 0.3) is 0 Å². The van der Waals surface area contributed by atoms with Gasteiger partial charge in [-0.15, -0.1) is 0 Å². The van der Waals surface area contributed by atoms with Gasteiger partial charge in [-0.25, -0.2) is 8.42 Å².